The lowest BCUT2D eigenvalue weighted by molar-refractivity contribution is 0.0838. The standard InChI is InChI=1S/C14H29N3/c1-3-17-9-7-13(8-10-17)16(2)14-6-4-5-12(14)11-15/h12-14H,3-11,15H2,1-2H3. The SMILES string of the molecule is CCN1CCC(N(C)C2CCCC2CN)CC1. The molecule has 100 valence electrons. The second kappa shape index (κ2) is 6.17. The van der Waals surface area contributed by atoms with Crippen molar-refractivity contribution < 1.29 is 0 Å². The molecule has 2 N–H and O–H groups in total. The molecule has 0 radical (unpaired) electrons. The Morgan fingerprint density at radius 3 is 2.47 bits per heavy atom. The fourth-order valence-corrected chi connectivity index (χ4v) is 3.74. The average Bonchev–Trinajstić information content (AvgIpc) is 2.86. The molecule has 3 heteroatoms. The maximum atomic E-state index is 5.90. The molecule has 0 spiro atoms. The molecule has 17 heavy (non-hydrogen) atoms. The van der Waals surface area contributed by atoms with Crippen LogP contribution in [0.2, 0.25) is 0 Å². The van der Waals surface area contributed by atoms with Gasteiger partial charge < -0.3 is 15.5 Å². The highest BCUT2D eigenvalue weighted by Crippen LogP contribution is 2.31. The smallest absolute Gasteiger partial charge is 0.0135 e. The lowest BCUT2D eigenvalue weighted by Gasteiger charge is -2.40. The fourth-order valence-electron chi connectivity index (χ4n) is 3.74. The van der Waals surface area contributed by atoms with Crippen LogP contribution in [-0.4, -0.2) is 55.1 Å². The maximum Gasteiger partial charge on any atom is 0.0135 e. The summed E-state index contributed by atoms with van der Waals surface area (Å²) in [6.07, 6.45) is 6.78. The summed E-state index contributed by atoms with van der Waals surface area (Å²) in [5.41, 5.74) is 5.90. The van der Waals surface area contributed by atoms with E-state index >= 15 is 0 Å². The van der Waals surface area contributed by atoms with E-state index in [9.17, 15) is 0 Å². The highest BCUT2D eigenvalue weighted by molar-refractivity contribution is 4.89. The van der Waals surface area contributed by atoms with Crippen molar-refractivity contribution in [3.05, 3.63) is 0 Å². The van der Waals surface area contributed by atoms with Crippen LogP contribution in [0.1, 0.15) is 39.0 Å². The molecule has 0 bridgehead atoms. The van der Waals surface area contributed by atoms with Crippen LogP contribution in [0.3, 0.4) is 0 Å². The van der Waals surface area contributed by atoms with Gasteiger partial charge >= 0.3 is 0 Å². The monoisotopic (exact) mass is 239 g/mol. The van der Waals surface area contributed by atoms with Gasteiger partial charge in [0.05, 0.1) is 0 Å². The molecule has 2 aliphatic rings. The maximum absolute atomic E-state index is 5.90. The third-order valence-corrected chi connectivity index (χ3v) is 5.03. The van der Waals surface area contributed by atoms with Crippen LogP contribution in [-0.2, 0) is 0 Å². The second-order valence-electron chi connectivity index (χ2n) is 5.82. The van der Waals surface area contributed by atoms with Gasteiger partial charge in [-0.15, -0.1) is 0 Å². The number of hydrogen-bond donors (Lipinski definition) is 1. The molecule has 1 saturated carbocycles. The van der Waals surface area contributed by atoms with Crippen molar-refractivity contribution in [3.63, 3.8) is 0 Å². The van der Waals surface area contributed by atoms with Crippen LogP contribution in [0.4, 0.5) is 0 Å². The summed E-state index contributed by atoms with van der Waals surface area (Å²) in [6.45, 7) is 6.93. The Morgan fingerprint density at radius 1 is 1.18 bits per heavy atom. The van der Waals surface area contributed by atoms with Gasteiger partial charge in [-0.3, -0.25) is 0 Å². The van der Waals surface area contributed by atoms with Crippen molar-refractivity contribution in [2.45, 2.75) is 51.1 Å². The summed E-state index contributed by atoms with van der Waals surface area (Å²) in [7, 11) is 2.34. The largest absolute Gasteiger partial charge is 0.330 e. The summed E-state index contributed by atoms with van der Waals surface area (Å²) in [4.78, 5) is 5.23. The summed E-state index contributed by atoms with van der Waals surface area (Å²) in [6, 6.07) is 1.56. The van der Waals surface area contributed by atoms with Gasteiger partial charge in [-0.05, 0) is 64.8 Å². The molecule has 0 aromatic carbocycles. The zero-order valence-electron chi connectivity index (χ0n) is 11.6. The van der Waals surface area contributed by atoms with E-state index < -0.39 is 0 Å². The number of rotatable bonds is 4. The topological polar surface area (TPSA) is 32.5 Å². The van der Waals surface area contributed by atoms with Crippen molar-refractivity contribution in [2.75, 3.05) is 33.2 Å². The number of nitrogens with two attached hydrogens (primary N) is 1. The summed E-state index contributed by atoms with van der Waals surface area (Å²) in [5.74, 6) is 0.754. The summed E-state index contributed by atoms with van der Waals surface area (Å²) >= 11 is 0. The van der Waals surface area contributed by atoms with Crippen LogP contribution < -0.4 is 5.73 Å². The first-order valence-corrected chi connectivity index (χ1v) is 7.40. The average molecular weight is 239 g/mol. The van der Waals surface area contributed by atoms with E-state index in [4.69, 9.17) is 5.73 Å². The van der Waals surface area contributed by atoms with E-state index in [1.807, 2.05) is 0 Å². The van der Waals surface area contributed by atoms with Crippen LogP contribution in [0, 0.1) is 5.92 Å². The van der Waals surface area contributed by atoms with Crippen molar-refractivity contribution in [1.29, 1.82) is 0 Å². The van der Waals surface area contributed by atoms with Crippen LogP contribution in [0.25, 0.3) is 0 Å². The van der Waals surface area contributed by atoms with Crippen LogP contribution >= 0.6 is 0 Å². The minimum absolute atomic E-state index is 0.754. The highest BCUT2D eigenvalue weighted by atomic mass is 15.2. The number of nitrogens with zero attached hydrogens (tertiary/aromatic N) is 2. The first-order valence-electron chi connectivity index (χ1n) is 7.40. The molecule has 3 nitrogen and oxygen atoms in total. The van der Waals surface area contributed by atoms with Gasteiger partial charge in [0.2, 0.25) is 0 Å². The normalized spacial score (nSPS) is 32.5. The molecule has 1 aliphatic heterocycles. The number of piperidine rings is 1. The van der Waals surface area contributed by atoms with Gasteiger partial charge in [-0.25, -0.2) is 0 Å². The fraction of sp³-hybridized carbons (Fsp3) is 1.00. The summed E-state index contributed by atoms with van der Waals surface area (Å²) < 4.78 is 0. The lowest BCUT2D eigenvalue weighted by atomic mass is 9.97. The second-order valence-corrected chi connectivity index (χ2v) is 5.82. The minimum Gasteiger partial charge on any atom is -0.330 e. The molecule has 2 unspecified atom stereocenters. The van der Waals surface area contributed by atoms with Gasteiger partial charge in [-0.2, -0.15) is 0 Å². The van der Waals surface area contributed by atoms with E-state index in [1.54, 1.807) is 0 Å². The van der Waals surface area contributed by atoms with Crippen LogP contribution in [0.5, 0.6) is 0 Å². The molecule has 2 rings (SSSR count). The molecule has 1 saturated heterocycles. The van der Waals surface area contributed by atoms with Gasteiger partial charge in [0.1, 0.15) is 0 Å². The van der Waals surface area contributed by atoms with Crippen LogP contribution in [0.15, 0.2) is 0 Å². The molecule has 0 amide bonds. The number of likely N-dealkylation sites (tertiary alicyclic amines) is 1. The van der Waals surface area contributed by atoms with E-state index in [1.165, 1.54) is 51.7 Å². The molecule has 2 atom stereocenters. The highest BCUT2D eigenvalue weighted by Gasteiger charge is 2.33. The molecule has 1 aliphatic carbocycles. The van der Waals surface area contributed by atoms with E-state index in [0.717, 1.165) is 24.5 Å². The predicted molar refractivity (Wildman–Crippen MR) is 73.1 cm³/mol. The molecule has 2 fully saturated rings. The Hall–Kier alpha value is -0.120. The van der Waals surface area contributed by atoms with Crippen molar-refractivity contribution in [1.82, 2.24) is 9.80 Å². The quantitative estimate of drug-likeness (QED) is 0.807. The third-order valence-electron chi connectivity index (χ3n) is 5.03. The Bertz CT molecular complexity index is 224. The first-order chi connectivity index (χ1) is 8.26. The third kappa shape index (κ3) is 3.01. The predicted octanol–water partition coefficient (Wildman–Crippen LogP) is 1.53. The van der Waals surface area contributed by atoms with Crippen molar-refractivity contribution in [3.8, 4) is 0 Å². The molecular formula is C14H29N3. The Labute approximate surface area is 106 Å². The zero-order valence-corrected chi connectivity index (χ0v) is 11.6. The first kappa shape index (κ1) is 13.3. The Balaban J connectivity index is 1.85. The van der Waals surface area contributed by atoms with Gasteiger partial charge in [-0.1, -0.05) is 13.3 Å². The Morgan fingerprint density at radius 2 is 1.88 bits per heavy atom. The molecule has 0 aromatic heterocycles. The van der Waals surface area contributed by atoms with Gasteiger partial charge in [0, 0.05) is 12.1 Å². The molecule has 1 heterocycles. The summed E-state index contributed by atoms with van der Waals surface area (Å²) in [5, 5.41) is 0. The van der Waals surface area contributed by atoms with Crippen molar-refractivity contribution >= 4 is 0 Å². The van der Waals surface area contributed by atoms with Gasteiger partial charge in [0.15, 0.2) is 0 Å². The Kier molecular flexibility index (Phi) is 4.83. The minimum atomic E-state index is 0.754. The van der Waals surface area contributed by atoms with Gasteiger partial charge in [0.25, 0.3) is 0 Å². The van der Waals surface area contributed by atoms with E-state index in [0.29, 0.717) is 0 Å². The molecule has 0 aromatic rings. The van der Waals surface area contributed by atoms with E-state index in [2.05, 4.69) is 23.8 Å². The lowest BCUT2D eigenvalue weighted by Crippen LogP contribution is -2.49. The van der Waals surface area contributed by atoms with E-state index in [-0.39, 0.29) is 0 Å². The molecular weight excluding hydrogens is 210 g/mol. The van der Waals surface area contributed by atoms with Crippen molar-refractivity contribution in [2.24, 2.45) is 11.7 Å². The number of hydrogen-bond acceptors (Lipinski definition) is 3. The zero-order chi connectivity index (χ0) is 12.3.